The lowest BCUT2D eigenvalue weighted by atomic mass is 9.89. The van der Waals surface area contributed by atoms with E-state index in [9.17, 15) is 8.42 Å². The Labute approximate surface area is 184 Å². The van der Waals surface area contributed by atoms with Gasteiger partial charge in [0.2, 0.25) is 5.95 Å². The van der Waals surface area contributed by atoms with Crippen molar-refractivity contribution in [3.63, 3.8) is 0 Å². The van der Waals surface area contributed by atoms with E-state index in [1.807, 2.05) is 37.2 Å². The summed E-state index contributed by atoms with van der Waals surface area (Å²) in [6, 6.07) is 5.64. The van der Waals surface area contributed by atoms with Gasteiger partial charge in [-0.25, -0.2) is 9.97 Å². The molecule has 31 heavy (non-hydrogen) atoms. The molecule has 0 saturated carbocycles. The van der Waals surface area contributed by atoms with Crippen molar-refractivity contribution in [1.29, 1.82) is 0 Å². The summed E-state index contributed by atoms with van der Waals surface area (Å²) in [5, 5.41) is 0. The van der Waals surface area contributed by atoms with Gasteiger partial charge in [-0.1, -0.05) is 6.07 Å². The summed E-state index contributed by atoms with van der Waals surface area (Å²) in [5.74, 6) is 2.04. The number of aromatic nitrogens is 2. The monoisotopic (exact) mass is 449 g/mol. The van der Waals surface area contributed by atoms with E-state index in [-0.39, 0.29) is 5.92 Å². The highest BCUT2D eigenvalue weighted by Gasteiger charge is 2.32. The van der Waals surface area contributed by atoms with Crippen LogP contribution in [0.25, 0.3) is 11.1 Å². The summed E-state index contributed by atoms with van der Waals surface area (Å²) >= 11 is 0. The van der Waals surface area contributed by atoms with Crippen LogP contribution in [0.15, 0.2) is 24.4 Å². The van der Waals surface area contributed by atoms with Gasteiger partial charge in [0.25, 0.3) is 10.2 Å². The van der Waals surface area contributed by atoms with Gasteiger partial charge in [0.05, 0.1) is 25.5 Å². The quantitative estimate of drug-likeness (QED) is 0.640. The van der Waals surface area contributed by atoms with E-state index in [4.69, 9.17) is 14.5 Å². The fourth-order valence-electron chi connectivity index (χ4n) is 3.81. The van der Waals surface area contributed by atoms with Crippen molar-refractivity contribution < 1.29 is 17.9 Å². The number of nitrogens with zero attached hydrogens (tertiary/aromatic N) is 5. The van der Waals surface area contributed by atoms with Crippen molar-refractivity contribution in [3.8, 4) is 22.6 Å². The first kappa shape index (κ1) is 23.2. The van der Waals surface area contributed by atoms with E-state index >= 15 is 0 Å². The molecule has 0 amide bonds. The van der Waals surface area contributed by atoms with Gasteiger partial charge < -0.3 is 14.4 Å². The Morgan fingerprint density at radius 2 is 1.61 bits per heavy atom. The summed E-state index contributed by atoms with van der Waals surface area (Å²) in [5.41, 5.74) is 2.52. The fourth-order valence-corrected chi connectivity index (χ4v) is 4.95. The Morgan fingerprint density at radius 3 is 2.10 bits per heavy atom. The minimum atomic E-state index is -3.43. The second-order valence-corrected chi connectivity index (χ2v) is 10.0. The predicted molar refractivity (Wildman–Crippen MR) is 121 cm³/mol. The highest BCUT2D eigenvalue weighted by Crippen LogP contribution is 2.43. The largest absolute Gasteiger partial charge is 0.496 e. The zero-order valence-corrected chi connectivity index (χ0v) is 19.8. The highest BCUT2D eigenvalue weighted by atomic mass is 32.2. The zero-order chi connectivity index (χ0) is 22.8. The molecule has 10 heteroatoms. The van der Waals surface area contributed by atoms with Crippen LogP contribution in [-0.2, 0) is 10.2 Å². The smallest absolute Gasteiger partial charge is 0.281 e. The van der Waals surface area contributed by atoms with Gasteiger partial charge in [0, 0.05) is 59.0 Å². The van der Waals surface area contributed by atoms with Gasteiger partial charge in [-0.3, -0.25) is 0 Å². The lowest BCUT2D eigenvalue weighted by molar-refractivity contribution is 0.300. The molecular formula is C21H31N5O4S. The van der Waals surface area contributed by atoms with Gasteiger partial charge in [-0.15, -0.1) is 0 Å². The number of ether oxygens (including phenoxy) is 2. The van der Waals surface area contributed by atoms with Crippen molar-refractivity contribution in [2.45, 2.75) is 18.8 Å². The molecule has 2 aromatic rings. The van der Waals surface area contributed by atoms with Gasteiger partial charge in [0.15, 0.2) is 0 Å². The highest BCUT2D eigenvalue weighted by molar-refractivity contribution is 7.86. The predicted octanol–water partition coefficient (Wildman–Crippen LogP) is 2.21. The topological polar surface area (TPSA) is 88.1 Å². The molecule has 0 bridgehead atoms. The molecule has 0 atom stereocenters. The zero-order valence-electron chi connectivity index (χ0n) is 19.0. The molecule has 2 heterocycles. The Bertz CT molecular complexity index is 996. The van der Waals surface area contributed by atoms with E-state index in [0.29, 0.717) is 43.4 Å². The van der Waals surface area contributed by atoms with E-state index in [1.54, 1.807) is 34.5 Å². The van der Waals surface area contributed by atoms with Crippen LogP contribution in [0.2, 0.25) is 0 Å². The average molecular weight is 450 g/mol. The standard InChI is InChI=1S/C21H31N5O4S/c1-24(2)21-22-14-16(19-17(29-5)8-7-9-18(19)30-6)20(23-21)15-10-12-26(13-11-15)31(27,28)25(3)4/h7-9,14-15H,10-13H2,1-6H3. The Balaban J connectivity index is 2.05. The first-order valence-corrected chi connectivity index (χ1v) is 11.5. The van der Waals surface area contributed by atoms with Crippen LogP contribution in [0.1, 0.15) is 24.5 Å². The van der Waals surface area contributed by atoms with Crippen molar-refractivity contribution in [3.05, 3.63) is 30.1 Å². The second kappa shape index (κ2) is 9.37. The molecule has 0 unspecified atom stereocenters. The van der Waals surface area contributed by atoms with Crippen LogP contribution in [0, 0.1) is 0 Å². The van der Waals surface area contributed by atoms with Crippen LogP contribution in [0.5, 0.6) is 11.5 Å². The van der Waals surface area contributed by atoms with Crippen LogP contribution in [-0.4, -0.2) is 82.5 Å². The van der Waals surface area contributed by atoms with Crippen LogP contribution >= 0.6 is 0 Å². The maximum atomic E-state index is 12.5. The number of hydrogen-bond donors (Lipinski definition) is 0. The maximum absolute atomic E-state index is 12.5. The molecule has 1 aromatic carbocycles. The first-order valence-electron chi connectivity index (χ1n) is 10.1. The third-order valence-electron chi connectivity index (χ3n) is 5.53. The molecule has 3 rings (SSSR count). The second-order valence-electron chi connectivity index (χ2n) is 7.86. The van der Waals surface area contributed by atoms with Gasteiger partial charge in [-0.2, -0.15) is 17.0 Å². The number of piperidine rings is 1. The fraction of sp³-hybridized carbons (Fsp3) is 0.524. The minimum Gasteiger partial charge on any atom is -0.496 e. The molecule has 1 saturated heterocycles. The van der Waals surface area contributed by atoms with Crippen molar-refractivity contribution >= 4 is 16.2 Å². The number of benzene rings is 1. The molecule has 1 aliphatic rings. The summed E-state index contributed by atoms with van der Waals surface area (Å²) in [4.78, 5) is 11.3. The maximum Gasteiger partial charge on any atom is 0.281 e. The molecule has 1 aromatic heterocycles. The van der Waals surface area contributed by atoms with E-state index in [2.05, 4.69) is 4.98 Å². The summed E-state index contributed by atoms with van der Waals surface area (Å²) in [7, 11) is 6.73. The molecule has 0 spiro atoms. The third kappa shape index (κ3) is 4.60. The van der Waals surface area contributed by atoms with Crippen LogP contribution in [0.3, 0.4) is 0 Å². The van der Waals surface area contributed by atoms with Crippen molar-refractivity contribution in [1.82, 2.24) is 18.6 Å². The molecule has 9 nitrogen and oxygen atoms in total. The Kier molecular flexibility index (Phi) is 7.03. The van der Waals surface area contributed by atoms with Crippen molar-refractivity contribution in [2.75, 3.05) is 60.4 Å². The SMILES string of the molecule is COc1cccc(OC)c1-c1cnc(N(C)C)nc1C1CCN(S(=O)(=O)N(C)C)CC1. The average Bonchev–Trinajstić information content (AvgIpc) is 2.77. The lowest BCUT2D eigenvalue weighted by Crippen LogP contribution is -2.44. The van der Waals surface area contributed by atoms with Gasteiger partial charge in [-0.05, 0) is 25.0 Å². The normalized spacial score (nSPS) is 15.8. The van der Waals surface area contributed by atoms with Gasteiger partial charge >= 0.3 is 0 Å². The summed E-state index contributed by atoms with van der Waals surface area (Å²) in [6.45, 7) is 0.879. The van der Waals surface area contributed by atoms with Crippen LogP contribution in [0.4, 0.5) is 5.95 Å². The lowest BCUT2D eigenvalue weighted by Gasteiger charge is -2.33. The molecule has 0 radical (unpaired) electrons. The molecule has 1 fully saturated rings. The summed E-state index contributed by atoms with van der Waals surface area (Å²) in [6.07, 6.45) is 3.14. The third-order valence-corrected chi connectivity index (χ3v) is 7.47. The van der Waals surface area contributed by atoms with E-state index in [1.165, 1.54) is 8.61 Å². The summed E-state index contributed by atoms with van der Waals surface area (Å²) < 4.78 is 39.0. The number of anilines is 1. The molecule has 1 aliphatic heterocycles. The molecule has 0 N–H and O–H groups in total. The Morgan fingerprint density at radius 1 is 1.03 bits per heavy atom. The number of methoxy groups -OCH3 is 2. The van der Waals surface area contributed by atoms with E-state index < -0.39 is 10.2 Å². The number of rotatable bonds is 7. The molecular weight excluding hydrogens is 418 g/mol. The van der Waals surface area contributed by atoms with Crippen LogP contribution < -0.4 is 14.4 Å². The van der Waals surface area contributed by atoms with Gasteiger partial charge in [0.1, 0.15) is 11.5 Å². The number of hydrogen-bond acceptors (Lipinski definition) is 7. The Hall–Kier alpha value is -2.43. The van der Waals surface area contributed by atoms with E-state index in [0.717, 1.165) is 16.8 Å². The first-order chi connectivity index (χ1) is 14.7. The minimum absolute atomic E-state index is 0.0833. The molecule has 0 aliphatic carbocycles. The van der Waals surface area contributed by atoms with Crippen molar-refractivity contribution in [2.24, 2.45) is 0 Å². The molecule has 170 valence electrons.